The van der Waals surface area contributed by atoms with Gasteiger partial charge in [-0.1, -0.05) is 72.4 Å². The van der Waals surface area contributed by atoms with Crippen LogP contribution in [-0.4, -0.2) is 50.8 Å². The predicted octanol–water partition coefficient (Wildman–Crippen LogP) is 4.56. The van der Waals surface area contributed by atoms with Gasteiger partial charge in [-0.25, -0.2) is 4.79 Å². The first kappa shape index (κ1) is 23.0. The second kappa shape index (κ2) is 10.1. The minimum Gasteiger partial charge on any atom is -0.478 e. The highest BCUT2D eigenvalue weighted by Crippen LogP contribution is 2.33. The summed E-state index contributed by atoms with van der Waals surface area (Å²) in [6.45, 7) is 0.361. The molecule has 3 rings (SSSR count). The third-order valence-corrected chi connectivity index (χ3v) is 6.14. The molecule has 2 aromatic carbocycles. The van der Waals surface area contributed by atoms with Crippen molar-refractivity contribution in [2.75, 3.05) is 12.3 Å². The molecule has 2 aromatic rings. The zero-order valence-electron chi connectivity index (χ0n) is 16.7. The van der Waals surface area contributed by atoms with Crippen LogP contribution in [0.1, 0.15) is 27.9 Å². The summed E-state index contributed by atoms with van der Waals surface area (Å²) >= 11 is 1.10. The highest BCUT2D eigenvalue weighted by Gasteiger charge is 2.39. The molecule has 0 radical (unpaired) electrons. The van der Waals surface area contributed by atoms with E-state index in [4.69, 9.17) is 0 Å². The number of thioether (sulfide) groups is 1. The standard InChI is InChI=1S/C23H23F2NO4S/c24-23(25,17-9-2-1-3-10-17)20(27)13-12-18-15-31-22(30)26(18)14-6-8-16-7-4-5-11-19(16)21(28)29/h1-5,7,9-13,18,20,27H,6,8,14-15H2,(H,28,29)/b13-12+. The molecule has 1 aliphatic heterocycles. The summed E-state index contributed by atoms with van der Waals surface area (Å²) in [5.74, 6) is -4.04. The van der Waals surface area contributed by atoms with Crippen molar-refractivity contribution in [3.8, 4) is 0 Å². The topological polar surface area (TPSA) is 77.8 Å². The summed E-state index contributed by atoms with van der Waals surface area (Å²) in [7, 11) is 0. The van der Waals surface area contributed by atoms with E-state index in [2.05, 4.69) is 0 Å². The van der Waals surface area contributed by atoms with Crippen molar-refractivity contribution in [1.29, 1.82) is 0 Å². The lowest BCUT2D eigenvalue weighted by Crippen LogP contribution is -2.34. The lowest BCUT2D eigenvalue weighted by atomic mass is 10.0. The van der Waals surface area contributed by atoms with Gasteiger partial charge in [-0.3, -0.25) is 4.79 Å². The number of carbonyl (C=O) groups excluding carboxylic acids is 1. The molecule has 0 aromatic heterocycles. The lowest BCUT2D eigenvalue weighted by Gasteiger charge is -2.23. The molecular weight excluding hydrogens is 424 g/mol. The summed E-state index contributed by atoms with van der Waals surface area (Å²) in [4.78, 5) is 25.1. The van der Waals surface area contributed by atoms with Crippen molar-refractivity contribution in [2.24, 2.45) is 0 Å². The number of nitrogens with zero attached hydrogens (tertiary/aromatic N) is 1. The lowest BCUT2D eigenvalue weighted by molar-refractivity contribution is -0.0929. The Morgan fingerprint density at radius 3 is 2.58 bits per heavy atom. The number of halogens is 2. The van der Waals surface area contributed by atoms with Crippen LogP contribution in [0.2, 0.25) is 0 Å². The van der Waals surface area contributed by atoms with E-state index in [1.807, 2.05) is 0 Å². The summed E-state index contributed by atoms with van der Waals surface area (Å²) in [6.07, 6.45) is 1.49. The molecule has 1 saturated heterocycles. The predicted molar refractivity (Wildman–Crippen MR) is 116 cm³/mol. The molecule has 2 atom stereocenters. The Morgan fingerprint density at radius 2 is 1.87 bits per heavy atom. The van der Waals surface area contributed by atoms with Crippen LogP contribution in [0.4, 0.5) is 13.6 Å². The number of carbonyl (C=O) groups is 2. The van der Waals surface area contributed by atoms with E-state index in [0.717, 1.165) is 17.8 Å². The first-order chi connectivity index (χ1) is 14.8. The molecule has 1 fully saturated rings. The number of alkyl halides is 2. The molecule has 0 saturated carbocycles. The number of aliphatic hydroxyl groups excluding tert-OH is 1. The number of aryl methyl sites for hydroxylation is 1. The molecule has 8 heteroatoms. The van der Waals surface area contributed by atoms with Crippen LogP contribution in [0.15, 0.2) is 66.7 Å². The third kappa shape index (κ3) is 5.51. The van der Waals surface area contributed by atoms with Gasteiger partial charge in [-0.05, 0) is 24.5 Å². The number of hydrogen-bond donors (Lipinski definition) is 2. The fourth-order valence-corrected chi connectivity index (χ4v) is 4.45. The minimum atomic E-state index is -3.45. The molecule has 164 valence electrons. The van der Waals surface area contributed by atoms with E-state index < -0.39 is 24.0 Å². The van der Waals surface area contributed by atoms with Gasteiger partial charge in [0.15, 0.2) is 0 Å². The minimum absolute atomic E-state index is 0.162. The first-order valence-electron chi connectivity index (χ1n) is 9.85. The maximum absolute atomic E-state index is 14.5. The number of aliphatic hydroxyl groups is 1. The van der Waals surface area contributed by atoms with Crippen molar-refractivity contribution in [1.82, 2.24) is 4.90 Å². The molecule has 0 spiro atoms. The third-order valence-electron chi connectivity index (χ3n) is 5.15. The molecule has 1 amide bonds. The molecule has 1 heterocycles. The van der Waals surface area contributed by atoms with Crippen molar-refractivity contribution < 1.29 is 28.6 Å². The van der Waals surface area contributed by atoms with Crippen LogP contribution < -0.4 is 0 Å². The average molecular weight is 448 g/mol. The van der Waals surface area contributed by atoms with E-state index in [0.29, 0.717) is 30.7 Å². The fraction of sp³-hybridized carbons (Fsp3) is 0.304. The summed E-state index contributed by atoms with van der Waals surface area (Å²) < 4.78 is 28.9. The first-order valence-corrected chi connectivity index (χ1v) is 10.8. The normalized spacial score (nSPS) is 18.0. The number of carboxylic acids is 1. The molecular formula is C23H23F2NO4S. The van der Waals surface area contributed by atoms with Crippen molar-refractivity contribution >= 4 is 23.0 Å². The van der Waals surface area contributed by atoms with Crippen LogP contribution in [0, 0.1) is 0 Å². The zero-order chi connectivity index (χ0) is 22.4. The van der Waals surface area contributed by atoms with E-state index >= 15 is 0 Å². The molecule has 2 unspecified atom stereocenters. The van der Waals surface area contributed by atoms with Crippen molar-refractivity contribution in [3.63, 3.8) is 0 Å². The fourth-order valence-electron chi connectivity index (χ4n) is 3.45. The summed E-state index contributed by atoms with van der Waals surface area (Å²) in [5, 5.41) is 19.2. The monoisotopic (exact) mass is 447 g/mol. The Balaban J connectivity index is 1.62. The highest BCUT2D eigenvalue weighted by atomic mass is 32.2. The van der Waals surface area contributed by atoms with E-state index in [1.54, 1.807) is 29.2 Å². The summed E-state index contributed by atoms with van der Waals surface area (Å²) in [6, 6.07) is 13.4. The van der Waals surface area contributed by atoms with E-state index in [9.17, 15) is 28.6 Å². The van der Waals surface area contributed by atoms with Gasteiger partial charge in [0.2, 0.25) is 0 Å². The highest BCUT2D eigenvalue weighted by molar-refractivity contribution is 8.13. The quantitative estimate of drug-likeness (QED) is 0.551. The maximum atomic E-state index is 14.5. The number of rotatable bonds is 9. The van der Waals surface area contributed by atoms with Gasteiger partial charge in [0, 0.05) is 17.9 Å². The van der Waals surface area contributed by atoms with E-state index in [-0.39, 0.29) is 16.4 Å². The van der Waals surface area contributed by atoms with Crippen LogP contribution >= 0.6 is 11.8 Å². The van der Waals surface area contributed by atoms with Crippen LogP contribution in [0.5, 0.6) is 0 Å². The molecule has 0 aliphatic carbocycles. The van der Waals surface area contributed by atoms with Crippen molar-refractivity contribution in [3.05, 3.63) is 83.4 Å². The Hall–Kier alpha value is -2.71. The second-order valence-corrected chi connectivity index (χ2v) is 8.19. The SMILES string of the molecule is O=C(O)c1ccccc1CCCN1C(=O)SCC1/C=C/C(O)C(F)(F)c1ccccc1. The molecule has 2 N–H and O–H groups in total. The summed E-state index contributed by atoms with van der Waals surface area (Å²) in [5.41, 5.74) is 0.629. The number of hydrogen-bond acceptors (Lipinski definition) is 4. The average Bonchev–Trinajstić information content (AvgIpc) is 3.12. The molecule has 1 aliphatic rings. The smallest absolute Gasteiger partial charge is 0.335 e. The molecule has 31 heavy (non-hydrogen) atoms. The Labute approximate surface area is 183 Å². The maximum Gasteiger partial charge on any atom is 0.335 e. The van der Waals surface area contributed by atoms with Gasteiger partial charge >= 0.3 is 11.9 Å². The van der Waals surface area contributed by atoms with Gasteiger partial charge in [-0.15, -0.1) is 0 Å². The second-order valence-electron chi connectivity index (χ2n) is 7.22. The number of amides is 1. The Morgan fingerprint density at radius 1 is 1.19 bits per heavy atom. The number of carboxylic acid groups (broad SMARTS) is 1. The number of benzene rings is 2. The van der Waals surface area contributed by atoms with Gasteiger partial charge in [0.1, 0.15) is 6.10 Å². The van der Waals surface area contributed by atoms with Gasteiger partial charge in [-0.2, -0.15) is 8.78 Å². The van der Waals surface area contributed by atoms with Gasteiger partial charge in [0.25, 0.3) is 5.24 Å². The van der Waals surface area contributed by atoms with Crippen molar-refractivity contribution in [2.45, 2.75) is 30.9 Å². The zero-order valence-corrected chi connectivity index (χ0v) is 17.5. The Bertz CT molecular complexity index is 952. The molecule has 0 bridgehead atoms. The molecule has 5 nitrogen and oxygen atoms in total. The van der Waals surface area contributed by atoms with Gasteiger partial charge in [0.05, 0.1) is 11.6 Å². The van der Waals surface area contributed by atoms with Crippen LogP contribution in [0.3, 0.4) is 0 Å². The van der Waals surface area contributed by atoms with E-state index in [1.165, 1.54) is 36.4 Å². The largest absolute Gasteiger partial charge is 0.478 e. The van der Waals surface area contributed by atoms with Gasteiger partial charge < -0.3 is 15.1 Å². The number of aromatic carboxylic acids is 1. The van der Waals surface area contributed by atoms with Crippen LogP contribution in [0.25, 0.3) is 0 Å². The van der Waals surface area contributed by atoms with Crippen LogP contribution in [-0.2, 0) is 12.3 Å². The Kier molecular flexibility index (Phi) is 7.46.